The first-order valence-corrected chi connectivity index (χ1v) is 9.13. The number of aromatic nitrogens is 1. The summed E-state index contributed by atoms with van der Waals surface area (Å²) in [4.78, 5) is 18.0. The minimum Gasteiger partial charge on any atom is -0.369 e. The van der Waals surface area contributed by atoms with E-state index in [-0.39, 0.29) is 30.0 Å². The molecule has 0 radical (unpaired) electrons. The van der Waals surface area contributed by atoms with Crippen LogP contribution in [0.25, 0.3) is 0 Å². The van der Waals surface area contributed by atoms with Gasteiger partial charge < -0.3 is 10.0 Å². The standard InChI is InChI=1S/C20H18F6N2O2/c21-19(22,23)18(30,20(24,25)26)15-4-5-16-14(12-15)3-1-2-10-28(16)17(29)11-13-6-8-27-9-7-13/h4-9,12,30H,1-3,10-11H2. The molecule has 3 rings (SSSR count). The molecule has 0 spiro atoms. The molecule has 0 saturated carbocycles. The molecule has 0 fully saturated rings. The molecule has 0 saturated heterocycles. The van der Waals surface area contributed by atoms with Crippen LogP contribution in [0.15, 0.2) is 42.7 Å². The fourth-order valence-corrected chi connectivity index (χ4v) is 3.50. The number of carbonyl (C=O) groups is 1. The molecule has 1 aliphatic rings. The third-order valence-corrected chi connectivity index (χ3v) is 5.09. The van der Waals surface area contributed by atoms with Crippen LogP contribution in [0.3, 0.4) is 0 Å². The maximum absolute atomic E-state index is 13.2. The van der Waals surface area contributed by atoms with Crippen LogP contribution in [0, 0.1) is 0 Å². The molecule has 30 heavy (non-hydrogen) atoms. The maximum atomic E-state index is 13.2. The zero-order chi connectivity index (χ0) is 22.2. The molecule has 1 aliphatic heterocycles. The van der Waals surface area contributed by atoms with E-state index in [1.807, 2.05) is 0 Å². The van der Waals surface area contributed by atoms with E-state index in [0.29, 0.717) is 37.1 Å². The summed E-state index contributed by atoms with van der Waals surface area (Å²) < 4.78 is 79.2. The first-order valence-electron chi connectivity index (χ1n) is 9.13. The molecule has 2 heterocycles. The molecule has 1 N–H and O–H groups in total. The van der Waals surface area contributed by atoms with Crippen molar-refractivity contribution < 1.29 is 36.2 Å². The molecular formula is C20H18F6N2O2. The highest BCUT2D eigenvalue weighted by Crippen LogP contribution is 2.50. The molecule has 4 nitrogen and oxygen atoms in total. The molecule has 0 bridgehead atoms. The third kappa shape index (κ3) is 4.00. The number of anilines is 1. The highest BCUT2D eigenvalue weighted by molar-refractivity contribution is 5.95. The van der Waals surface area contributed by atoms with E-state index in [2.05, 4.69) is 4.98 Å². The topological polar surface area (TPSA) is 53.4 Å². The van der Waals surface area contributed by atoms with Crippen molar-refractivity contribution in [3.8, 4) is 0 Å². The molecular weight excluding hydrogens is 414 g/mol. The number of amides is 1. The highest BCUT2D eigenvalue weighted by Gasteiger charge is 2.71. The van der Waals surface area contributed by atoms with E-state index >= 15 is 0 Å². The van der Waals surface area contributed by atoms with Gasteiger partial charge in [-0.3, -0.25) is 9.78 Å². The number of fused-ring (bicyclic) bond motifs is 1. The normalized spacial score (nSPS) is 15.5. The van der Waals surface area contributed by atoms with Gasteiger partial charge in [0, 0.05) is 30.2 Å². The summed E-state index contributed by atoms with van der Waals surface area (Å²) in [5.74, 6) is -0.334. The average Bonchev–Trinajstić information content (AvgIpc) is 2.88. The van der Waals surface area contributed by atoms with Crippen LogP contribution >= 0.6 is 0 Å². The van der Waals surface area contributed by atoms with E-state index in [9.17, 15) is 36.2 Å². The van der Waals surface area contributed by atoms with Gasteiger partial charge in [0.2, 0.25) is 5.91 Å². The number of carbonyl (C=O) groups excluding carboxylic acids is 1. The Morgan fingerprint density at radius 1 is 1.00 bits per heavy atom. The average molecular weight is 432 g/mol. The van der Waals surface area contributed by atoms with Crippen molar-refractivity contribution in [2.24, 2.45) is 0 Å². The Hall–Kier alpha value is -2.62. The molecule has 0 aliphatic carbocycles. The van der Waals surface area contributed by atoms with Crippen LogP contribution in [0.5, 0.6) is 0 Å². The van der Waals surface area contributed by atoms with Gasteiger partial charge in [-0.25, -0.2) is 0 Å². The van der Waals surface area contributed by atoms with Crippen molar-refractivity contribution >= 4 is 11.6 Å². The van der Waals surface area contributed by atoms with E-state index < -0.39 is 23.5 Å². The van der Waals surface area contributed by atoms with Crippen LogP contribution in [-0.2, 0) is 23.2 Å². The van der Waals surface area contributed by atoms with Crippen molar-refractivity contribution in [2.45, 2.75) is 43.6 Å². The van der Waals surface area contributed by atoms with Gasteiger partial charge in [-0.05, 0) is 48.6 Å². The van der Waals surface area contributed by atoms with Crippen molar-refractivity contribution in [3.63, 3.8) is 0 Å². The number of hydrogen-bond donors (Lipinski definition) is 1. The lowest BCUT2D eigenvalue weighted by atomic mass is 9.89. The summed E-state index contributed by atoms with van der Waals surface area (Å²) >= 11 is 0. The Morgan fingerprint density at radius 2 is 1.63 bits per heavy atom. The fourth-order valence-electron chi connectivity index (χ4n) is 3.50. The largest absolute Gasteiger partial charge is 0.430 e. The Bertz CT molecular complexity index is 898. The smallest absolute Gasteiger partial charge is 0.369 e. The number of pyridine rings is 1. The van der Waals surface area contributed by atoms with Gasteiger partial charge in [-0.2, -0.15) is 26.3 Å². The number of hydrogen-bond acceptors (Lipinski definition) is 3. The van der Waals surface area contributed by atoms with Crippen LogP contribution in [0.2, 0.25) is 0 Å². The van der Waals surface area contributed by atoms with Gasteiger partial charge in [0.15, 0.2) is 0 Å². The second kappa shape index (κ2) is 7.90. The van der Waals surface area contributed by atoms with Crippen LogP contribution in [0.1, 0.15) is 29.5 Å². The summed E-state index contributed by atoms with van der Waals surface area (Å²) in [5.41, 5.74) is -5.22. The van der Waals surface area contributed by atoms with E-state index in [1.54, 1.807) is 12.1 Å². The molecule has 1 aromatic heterocycles. The highest BCUT2D eigenvalue weighted by atomic mass is 19.4. The SMILES string of the molecule is O=C(Cc1ccncc1)N1CCCCc2cc(C(O)(C(F)(F)F)C(F)(F)F)ccc21. The Kier molecular flexibility index (Phi) is 5.81. The first-order chi connectivity index (χ1) is 13.9. The Morgan fingerprint density at radius 3 is 2.23 bits per heavy atom. The number of aryl methyl sites for hydroxylation is 1. The molecule has 162 valence electrons. The quantitative estimate of drug-likeness (QED) is 0.736. The van der Waals surface area contributed by atoms with Crippen LogP contribution < -0.4 is 4.90 Å². The predicted molar refractivity (Wildman–Crippen MR) is 95.7 cm³/mol. The van der Waals surface area contributed by atoms with Gasteiger partial charge in [-0.1, -0.05) is 12.1 Å². The summed E-state index contributed by atoms with van der Waals surface area (Å²) in [6.45, 7) is 0.291. The summed E-state index contributed by atoms with van der Waals surface area (Å²) in [7, 11) is 0. The Balaban J connectivity index is 2.00. The summed E-state index contributed by atoms with van der Waals surface area (Å²) in [6, 6.07) is 5.62. The molecule has 0 unspecified atom stereocenters. The number of rotatable bonds is 3. The number of benzene rings is 1. The van der Waals surface area contributed by atoms with Crippen molar-refractivity contribution in [2.75, 3.05) is 11.4 Å². The fraction of sp³-hybridized carbons (Fsp3) is 0.400. The van der Waals surface area contributed by atoms with Crippen LogP contribution in [0.4, 0.5) is 32.0 Å². The molecule has 1 amide bonds. The molecule has 0 atom stereocenters. The van der Waals surface area contributed by atoms with Gasteiger partial charge in [0.05, 0.1) is 6.42 Å². The van der Waals surface area contributed by atoms with Crippen molar-refractivity contribution in [1.29, 1.82) is 0 Å². The van der Waals surface area contributed by atoms with Crippen molar-refractivity contribution in [3.05, 3.63) is 59.4 Å². The monoisotopic (exact) mass is 432 g/mol. The minimum absolute atomic E-state index is 0.0126. The lowest BCUT2D eigenvalue weighted by Gasteiger charge is -2.33. The summed E-state index contributed by atoms with van der Waals surface area (Å²) in [6.07, 6.45) is -7.67. The molecule has 1 aromatic carbocycles. The lowest BCUT2D eigenvalue weighted by Crippen LogP contribution is -2.54. The minimum atomic E-state index is -5.96. The number of alkyl halides is 6. The second-order valence-electron chi connectivity index (χ2n) is 7.08. The summed E-state index contributed by atoms with van der Waals surface area (Å²) in [5, 5.41) is 9.66. The number of halogens is 6. The van der Waals surface area contributed by atoms with Gasteiger partial charge in [0.25, 0.3) is 5.60 Å². The molecule has 2 aromatic rings. The van der Waals surface area contributed by atoms with Gasteiger partial charge >= 0.3 is 12.4 Å². The van der Waals surface area contributed by atoms with Crippen LogP contribution in [-0.4, -0.2) is 34.9 Å². The van der Waals surface area contributed by atoms with E-state index in [4.69, 9.17) is 0 Å². The third-order valence-electron chi connectivity index (χ3n) is 5.09. The first kappa shape index (κ1) is 22.1. The second-order valence-corrected chi connectivity index (χ2v) is 7.08. The lowest BCUT2D eigenvalue weighted by molar-refractivity contribution is -0.376. The van der Waals surface area contributed by atoms with E-state index in [1.165, 1.54) is 17.3 Å². The van der Waals surface area contributed by atoms with Crippen molar-refractivity contribution in [1.82, 2.24) is 4.98 Å². The predicted octanol–water partition coefficient (Wildman–Crippen LogP) is 4.31. The number of nitrogens with zero attached hydrogens (tertiary/aromatic N) is 2. The zero-order valence-electron chi connectivity index (χ0n) is 15.6. The molecule has 10 heteroatoms. The van der Waals surface area contributed by atoms with Gasteiger partial charge in [-0.15, -0.1) is 0 Å². The van der Waals surface area contributed by atoms with E-state index in [0.717, 1.165) is 6.07 Å². The Labute approximate surface area is 168 Å². The van der Waals surface area contributed by atoms with Gasteiger partial charge in [0.1, 0.15) is 0 Å². The zero-order valence-corrected chi connectivity index (χ0v) is 15.6. The number of aliphatic hydroxyl groups is 1. The maximum Gasteiger partial charge on any atom is 0.430 e.